The third-order valence-corrected chi connectivity index (χ3v) is 4.76. The number of benzene rings is 2. The van der Waals surface area contributed by atoms with Crippen molar-refractivity contribution in [3.8, 4) is 6.07 Å². The lowest BCUT2D eigenvalue weighted by Gasteiger charge is -2.14. The smallest absolute Gasteiger partial charge is 0.229 e. The Morgan fingerprint density at radius 3 is 2.58 bits per heavy atom. The van der Waals surface area contributed by atoms with Crippen molar-refractivity contribution in [3.63, 3.8) is 0 Å². The summed E-state index contributed by atoms with van der Waals surface area (Å²) in [6, 6.07) is 12.3. The maximum absolute atomic E-state index is 12.3. The average Bonchev–Trinajstić information content (AvgIpc) is 2.54. The van der Waals surface area contributed by atoms with Gasteiger partial charge in [0, 0.05) is 11.3 Å². The van der Waals surface area contributed by atoms with Crippen LogP contribution in [0.3, 0.4) is 0 Å². The standard InChI is InChI=1S/C17H15Cl2N3O3S/c1-26(24,25)22-12-5-2-4-11(8-12)9-16(23)21-15(10-20)13-6-3-7-14(18)17(13)19/h2-8,15,22H,9H2,1H3,(H,21,23). The predicted molar refractivity (Wildman–Crippen MR) is 102 cm³/mol. The summed E-state index contributed by atoms with van der Waals surface area (Å²) in [5, 5.41) is 12.4. The Balaban J connectivity index is 2.11. The molecule has 2 aromatic rings. The lowest BCUT2D eigenvalue weighted by molar-refractivity contribution is -0.120. The molecule has 0 saturated carbocycles. The third-order valence-electron chi connectivity index (χ3n) is 3.32. The van der Waals surface area contributed by atoms with Crippen molar-refractivity contribution in [2.24, 2.45) is 0 Å². The zero-order valence-corrected chi connectivity index (χ0v) is 16.0. The number of hydrogen-bond donors (Lipinski definition) is 2. The Morgan fingerprint density at radius 1 is 1.23 bits per heavy atom. The van der Waals surface area contributed by atoms with Crippen molar-refractivity contribution in [1.29, 1.82) is 5.26 Å². The van der Waals surface area contributed by atoms with Gasteiger partial charge in [-0.1, -0.05) is 47.5 Å². The first-order chi connectivity index (χ1) is 12.2. The number of nitriles is 1. The fourth-order valence-corrected chi connectivity index (χ4v) is 3.25. The Bertz CT molecular complexity index is 971. The molecule has 136 valence electrons. The van der Waals surface area contributed by atoms with E-state index in [0.29, 0.717) is 21.8 Å². The summed E-state index contributed by atoms with van der Waals surface area (Å²) >= 11 is 12.0. The van der Waals surface area contributed by atoms with Crippen LogP contribution in [0.2, 0.25) is 10.0 Å². The van der Waals surface area contributed by atoms with Gasteiger partial charge in [-0.05, 0) is 23.8 Å². The number of nitrogens with one attached hydrogen (secondary N) is 2. The molecule has 1 atom stereocenters. The molecule has 9 heteroatoms. The number of carbonyl (C=O) groups excluding carboxylic acids is 1. The van der Waals surface area contributed by atoms with Gasteiger partial charge in [0.15, 0.2) is 0 Å². The van der Waals surface area contributed by atoms with E-state index in [1.54, 1.807) is 42.5 Å². The van der Waals surface area contributed by atoms with E-state index in [9.17, 15) is 18.5 Å². The van der Waals surface area contributed by atoms with Crippen LogP contribution in [-0.4, -0.2) is 20.6 Å². The number of carbonyl (C=O) groups is 1. The van der Waals surface area contributed by atoms with Gasteiger partial charge in [0.1, 0.15) is 6.04 Å². The Morgan fingerprint density at radius 2 is 1.92 bits per heavy atom. The van der Waals surface area contributed by atoms with Crippen LogP contribution in [0.25, 0.3) is 0 Å². The number of halogens is 2. The van der Waals surface area contributed by atoms with E-state index in [1.165, 1.54) is 0 Å². The molecule has 1 amide bonds. The molecule has 0 spiro atoms. The molecule has 6 nitrogen and oxygen atoms in total. The summed E-state index contributed by atoms with van der Waals surface area (Å²) < 4.78 is 24.9. The number of anilines is 1. The molecule has 0 aliphatic rings. The first kappa shape index (κ1) is 20.0. The van der Waals surface area contributed by atoms with E-state index in [2.05, 4.69) is 10.0 Å². The van der Waals surface area contributed by atoms with Gasteiger partial charge in [0.2, 0.25) is 15.9 Å². The molecule has 0 radical (unpaired) electrons. The van der Waals surface area contributed by atoms with E-state index in [0.717, 1.165) is 6.26 Å². The molecule has 0 bridgehead atoms. The molecule has 2 aromatic carbocycles. The van der Waals surface area contributed by atoms with Crippen molar-refractivity contribution in [2.45, 2.75) is 12.5 Å². The van der Waals surface area contributed by atoms with Crippen LogP contribution in [-0.2, 0) is 21.2 Å². The monoisotopic (exact) mass is 411 g/mol. The number of amides is 1. The van der Waals surface area contributed by atoms with Crippen molar-refractivity contribution in [2.75, 3.05) is 11.0 Å². The highest BCUT2D eigenvalue weighted by Gasteiger charge is 2.18. The van der Waals surface area contributed by atoms with Crippen LogP contribution in [0, 0.1) is 11.3 Å². The van der Waals surface area contributed by atoms with E-state index in [1.807, 2.05) is 6.07 Å². The second kappa shape index (κ2) is 8.41. The van der Waals surface area contributed by atoms with E-state index in [-0.39, 0.29) is 11.4 Å². The van der Waals surface area contributed by atoms with Gasteiger partial charge >= 0.3 is 0 Å². The maximum Gasteiger partial charge on any atom is 0.229 e. The van der Waals surface area contributed by atoms with Crippen molar-refractivity contribution in [1.82, 2.24) is 5.32 Å². The third kappa shape index (κ3) is 5.63. The number of sulfonamides is 1. The summed E-state index contributed by atoms with van der Waals surface area (Å²) in [5.74, 6) is -0.413. The highest BCUT2D eigenvalue weighted by molar-refractivity contribution is 7.92. The van der Waals surface area contributed by atoms with E-state index < -0.39 is 22.0 Å². The molecule has 1 unspecified atom stereocenters. The topological polar surface area (TPSA) is 99.1 Å². The largest absolute Gasteiger partial charge is 0.336 e. The minimum Gasteiger partial charge on any atom is -0.336 e. The summed E-state index contributed by atoms with van der Waals surface area (Å²) in [6.07, 6.45) is 1.01. The average molecular weight is 412 g/mol. The first-order valence-electron chi connectivity index (χ1n) is 7.39. The summed E-state index contributed by atoms with van der Waals surface area (Å²) in [7, 11) is -3.41. The van der Waals surface area contributed by atoms with Gasteiger partial charge in [-0.25, -0.2) is 8.42 Å². The van der Waals surface area contributed by atoms with Crippen molar-refractivity contribution in [3.05, 3.63) is 63.6 Å². The summed E-state index contributed by atoms with van der Waals surface area (Å²) in [5.41, 5.74) is 1.35. The quantitative estimate of drug-likeness (QED) is 0.761. The van der Waals surface area contributed by atoms with Crippen molar-refractivity contribution >= 4 is 44.8 Å². The van der Waals surface area contributed by atoms with Crippen LogP contribution in [0.1, 0.15) is 17.2 Å². The molecule has 0 saturated heterocycles. The molecule has 0 aliphatic carbocycles. The zero-order chi connectivity index (χ0) is 19.3. The molecular formula is C17H15Cl2N3O3S. The normalized spacial score (nSPS) is 12.1. The number of nitrogens with zero attached hydrogens (tertiary/aromatic N) is 1. The van der Waals surface area contributed by atoms with Crippen LogP contribution < -0.4 is 10.0 Å². The second-order valence-corrected chi connectivity index (χ2v) is 8.06. The molecule has 2 N–H and O–H groups in total. The number of hydrogen-bond acceptors (Lipinski definition) is 4. The van der Waals surface area contributed by atoms with Gasteiger partial charge < -0.3 is 5.32 Å². The lowest BCUT2D eigenvalue weighted by atomic mass is 10.1. The molecule has 2 rings (SSSR count). The van der Waals surface area contributed by atoms with Crippen LogP contribution in [0.15, 0.2) is 42.5 Å². The fraction of sp³-hybridized carbons (Fsp3) is 0.176. The van der Waals surface area contributed by atoms with Gasteiger partial charge in [-0.15, -0.1) is 0 Å². The van der Waals surface area contributed by atoms with E-state index >= 15 is 0 Å². The van der Waals surface area contributed by atoms with E-state index in [4.69, 9.17) is 23.2 Å². The SMILES string of the molecule is CS(=O)(=O)Nc1cccc(CC(=O)NC(C#N)c2cccc(Cl)c2Cl)c1. The maximum atomic E-state index is 12.3. The molecule has 0 aliphatic heterocycles. The van der Waals surface area contributed by atoms with Gasteiger partial charge in [0.05, 0.1) is 28.8 Å². The molecule has 26 heavy (non-hydrogen) atoms. The summed E-state index contributed by atoms with van der Waals surface area (Å²) in [6.45, 7) is 0. The van der Waals surface area contributed by atoms with Crippen LogP contribution in [0.5, 0.6) is 0 Å². The number of rotatable bonds is 6. The second-order valence-electron chi connectivity index (χ2n) is 5.52. The first-order valence-corrected chi connectivity index (χ1v) is 10.0. The Kier molecular flexibility index (Phi) is 6.48. The predicted octanol–water partition coefficient (Wildman–Crippen LogP) is 3.29. The Labute approximate surface area is 161 Å². The van der Waals surface area contributed by atoms with Crippen molar-refractivity contribution < 1.29 is 13.2 Å². The molecule has 0 heterocycles. The van der Waals surface area contributed by atoms with Crippen LogP contribution >= 0.6 is 23.2 Å². The highest BCUT2D eigenvalue weighted by Crippen LogP contribution is 2.29. The molecular weight excluding hydrogens is 397 g/mol. The lowest BCUT2D eigenvalue weighted by Crippen LogP contribution is -2.29. The zero-order valence-electron chi connectivity index (χ0n) is 13.7. The fourth-order valence-electron chi connectivity index (χ4n) is 2.28. The minimum absolute atomic E-state index is 0.0321. The summed E-state index contributed by atoms with van der Waals surface area (Å²) in [4.78, 5) is 12.3. The molecule has 0 aromatic heterocycles. The Hall–Kier alpha value is -2.27. The van der Waals surface area contributed by atoms with Gasteiger partial charge in [0.25, 0.3) is 0 Å². The highest BCUT2D eigenvalue weighted by atomic mass is 35.5. The molecule has 0 fully saturated rings. The van der Waals surface area contributed by atoms with Crippen LogP contribution in [0.4, 0.5) is 5.69 Å². The van der Waals surface area contributed by atoms with Gasteiger partial charge in [-0.3, -0.25) is 9.52 Å². The minimum atomic E-state index is -3.41. The van der Waals surface area contributed by atoms with Gasteiger partial charge in [-0.2, -0.15) is 5.26 Å².